The Labute approximate surface area is 134 Å². The Bertz CT molecular complexity index is 513. The summed E-state index contributed by atoms with van der Waals surface area (Å²) in [5.74, 6) is 2.70. The lowest BCUT2D eigenvalue weighted by atomic mass is 10.1. The first-order valence-electron chi connectivity index (χ1n) is 8.28. The van der Waals surface area contributed by atoms with Gasteiger partial charge in [-0.05, 0) is 43.7 Å². The van der Waals surface area contributed by atoms with Gasteiger partial charge in [-0.25, -0.2) is 0 Å². The molecule has 2 rings (SSSR count). The number of methoxy groups -OCH3 is 1. The molecule has 122 valence electrons. The molecule has 4 heteroatoms. The third kappa shape index (κ3) is 4.65. The smallest absolute Gasteiger partial charge is 0.191 e. The van der Waals surface area contributed by atoms with Gasteiger partial charge < -0.3 is 15.4 Å². The fourth-order valence-corrected chi connectivity index (χ4v) is 2.90. The summed E-state index contributed by atoms with van der Waals surface area (Å²) >= 11 is 0. The molecule has 1 saturated carbocycles. The van der Waals surface area contributed by atoms with Crippen molar-refractivity contribution < 1.29 is 4.74 Å². The van der Waals surface area contributed by atoms with E-state index in [0.717, 1.165) is 30.6 Å². The van der Waals surface area contributed by atoms with Crippen molar-refractivity contribution >= 4 is 5.96 Å². The monoisotopic (exact) mass is 303 g/mol. The van der Waals surface area contributed by atoms with Gasteiger partial charge in [0.1, 0.15) is 5.75 Å². The second kappa shape index (κ2) is 8.06. The average Bonchev–Trinajstić information content (AvgIpc) is 3.24. The third-order valence-electron chi connectivity index (χ3n) is 4.25. The topological polar surface area (TPSA) is 45.7 Å². The van der Waals surface area contributed by atoms with Gasteiger partial charge in [-0.2, -0.15) is 0 Å². The van der Waals surface area contributed by atoms with E-state index in [2.05, 4.69) is 41.6 Å². The lowest BCUT2D eigenvalue weighted by Crippen LogP contribution is -2.40. The Hall–Kier alpha value is -1.71. The molecule has 2 N–H and O–H groups in total. The molecule has 4 nitrogen and oxygen atoms in total. The van der Waals surface area contributed by atoms with Gasteiger partial charge in [0.05, 0.1) is 7.11 Å². The molecule has 1 aliphatic rings. The normalized spacial score (nSPS) is 20.6. The summed E-state index contributed by atoms with van der Waals surface area (Å²) in [5, 5.41) is 6.92. The molecule has 2 unspecified atom stereocenters. The highest BCUT2D eigenvalue weighted by Crippen LogP contribution is 2.34. The summed E-state index contributed by atoms with van der Waals surface area (Å²) in [6.07, 6.45) is 4.78. The van der Waals surface area contributed by atoms with Crippen LogP contribution in [0.1, 0.15) is 37.3 Å². The molecule has 0 spiro atoms. The van der Waals surface area contributed by atoms with Crippen LogP contribution in [-0.4, -0.2) is 32.7 Å². The van der Waals surface area contributed by atoms with Crippen molar-refractivity contribution in [2.75, 3.05) is 20.7 Å². The molecule has 0 amide bonds. The molecule has 0 radical (unpaired) electrons. The van der Waals surface area contributed by atoms with Gasteiger partial charge in [-0.1, -0.05) is 31.0 Å². The highest BCUT2D eigenvalue weighted by molar-refractivity contribution is 5.80. The molecular formula is C18H29N3O. The van der Waals surface area contributed by atoms with Crippen LogP contribution in [0.25, 0.3) is 0 Å². The number of guanidine groups is 1. The predicted molar refractivity (Wildman–Crippen MR) is 92.7 cm³/mol. The van der Waals surface area contributed by atoms with Crippen molar-refractivity contribution in [1.29, 1.82) is 0 Å². The molecular weight excluding hydrogens is 274 g/mol. The quantitative estimate of drug-likeness (QED) is 0.601. The second-order valence-corrected chi connectivity index (χ2v) is 6.10. The first-order chi connectivity index (χ1) is 10.7. The van der Waals surface area contributed by atoms with E-state index >= 15 is 0 Å². The summed E-state index contributed by atoms with van der Waals surface area (Å²) < 4.78 is 5.43. The van der Waals surface area contributed by atoms with Crippen molar-refractivity contribution in [3.05, 3.63) is 29.3 Å². The van der Waals surface area contributed by atoms with Gasteiger partial charge in [0.25, 0.3) is 0 Å². The van der Waals surface area contributed by atoms with Crippen LogP contribution in [-0.2, 0) is 6.42 Å². The fourth-order valence-electron chi connectivity index (χ4n) is 2.90. The zero-order chi connectivity index (χ0) is 15.9. The summed E-state index contributed by atoms with van der Waals surface area (Å²) in [4.78, 5) is 4.32. The largest absolute Gasteiger partial charge is 0.496 e. The van der Waals surface area contributed by atoms with Crippen LogP contribution in [0.5, 0.6) is 5.75 Å². The van der Waals surface area contributed by atoms with Crippen LogP contribution in [0.15, 0.2) is 23.2 Å². The number of nitrogens with zero attached hydrogens (tertiary/aromatic N) is 1. The number of aliphatic imine (C=N–C) groups is 1. The molecule has 0 bridgehead atoms. The summed E-state index contributed by atoms with van der Waals surface area (Å²) in [5.41, 5.74) is 2.50. The maximum atomic E-state index is 5.43. The Kier molecular flexibility index (Phi) is 6.10. The van der Waals surface area contributed by atoms with Crippen molar-refractivity contribution in [2.24, 2.45) is 10.9 Å². The number of benzene rings is 1. The second-order valence-electron chi connectivity index (χ2n) is 6.10. The van der Waals surface area contributed by atoms with Gasteiger partial charge in [0, 0.05) is 19.6 Å². The number of hydrogen-bond donors (Lipinski definition) is 2. The van der Waals surface area contributed by atoms with Crippen LogP contribution < -0.4 is 15.4 Å². The zero-order valence-corrected chi connectivity index (χ0v) is 14.3. The highest BCUT2D eigenvalue weighted by atomic mass is 16.5. The predicted octanol–water partition coefficient (Wildman–Crippen LogP) is 2.90. The third-order valence-corrected chi connectivity index (χ3v) is 4.25. The SMILES string of the molecule is CCCC1CC1NC(=NC)NCCc1cc(C)ccc1OC. The number of nitrogens with one attached hydrogen (secondary N) is 2. The van der Waals surface area contributed by atoms with Gasteiger partial charge in [-0.15, -0.1) is 0 Å². The zero-order valence-electron chi connectivity index (χ0n) is 14.3. The van der Waals surface area contributed by atoms with Crippen LogP contribution in [0.2, 0.25) is 0 Å². The standard InChI is InChI=1S/C18H29N3O/c1-5-6-14-12-16(14)21-18(19-3)20-10-9-15-11-13(2)7-8-17(15)22-4/h7-8,11,14,16H,5-6,9-10,12H2,1-4H3,(H2,19,20,21). The van der Waals surface area contributed by atoms with Gasteiger partial charge in [-0.3, -0.25) is 4.99 Å². The van der Waals surface area contributed by atoms with Crippen molar-refractivity contribution in [2.45, 2.75) is 45.6 Å². The summed E-state index contributed by atoms with van der Waals surface area (Å²) in [6.45, 7) is 5.21. The Morgan fingerprint density at radius 3 is 2.91 bits per heavy atom. The number of aryl methyl sites for hydroxylation is 1. The molecule has 1 aromatic rings. The number of hydrogen-bond acceptors (Lipinski definition) is 2. The lowest BCUT2D eigenvalue weighted by Gasteiger charge is -2.13. The van der Waals surface area contributed by atoms with Crippen LogP contribution >= 0.6 is 0 Å². The van der Waals surface area contributed by atoms with Crippen molar-refractivity contribution in [1.82, 2.24) is 10.6 Å². The molecule has 0 heterocycles. The molecule has 1 fully saturated rings. The molecule has 1 aliphatic carbocycles. The van der Waals surface area contributed by atoms with Gasteiger partial charge >= 0.3 is 0 Å². The average molecular weight is 303 g/mol. The van der Waals surface area contributed by atoms with Crippen molar-refractivity contribution in [3.8, 4) is 5.75 Å². The maximum absolute atomic E-state index is 5.43. The first kappa shape index (κ1) is 16.7. The van der Waals surface area contributed by atoms with Crippen LogP contribution in [0.3, 0.4) is 0 Å². The number of ether oxygens (including phenoxy) is 1. The van der Waals surface area contributed by atoms with E-state index < -0.39 is 0 Å². The Balaban J connectivity index is 1.79. The summed E-state index contributed by atoms with van der Waals surface area (Å²) in [6, 6.07) is 6.92. The maximum Gasteiger partial charge on any atom is 0.191 e. The minimum absolute atomic E-state index is 0.611. The van der Waals surface area contributed by atoms with Crippen LogP contribution in [0, 0.1) is 12.8 Å². The van der Waals surface area contributed by atoms with E-state index in [9.17, 15) is 0 Å². The van der Waals surface area contributed by atoms with E-state index in [1.807, 2.05) is 13.1 Å². The minimum Gasteiger partial charge on any atom is -0.496 e. The molecule has 1 aromatic carbocycles. The van der Waals surface area contributed by atoms with E-state index in [-0.39, 0.29) is 0 Å². The van der Waals surface area contributed by atoms with Gasteiger partial charge in [0.15, 0.2) is 5.96 Å². The van der Waals surface area contributed by atoms with Crippen molar-refractivity contribution in [3.63, 3.8) is 0 Å². The Morgan fingerprint density at radius 2 is 2.23 bits per heavy atom. The van der Waals surface area contributed by atoms with Gasteiger partial charge in [0.2, 0.25) is 0 Å². The fraction of sp³-hybridized carbons (Fsp3) is 0.611. The lowest BCUT2D eigenvalue weighted by molar-refractivity contribution is 0.409. The molecule has 22 heavy (non-hydrogen) atoms. The minimum atomic E-state index is 0.611. The van der Waals surface area contributed by atoms with E-state index in [0.29, 0.717) is 6.04 Å². The van der Waals surface area contributed by atoms with Crippen LogP contribution in [0.4, 0.5) is 0 Å². The molecule has 0 aliphatic heterocycles. The number of rotatable bonds is 7. The highest BCUT2D eigenvalue weighted by Gasteiger charge is 2.36. The molecule has 2 atom stereocenters. The first-order valence-corrected chi connectivity index (χ1v) is 8.28. The molecule has 0 aromatic heterocycles. The van der Waals surface area contributed by atoms with E-state index in [1.165, 1.54) is 30.4 Å². The van der Waals surface area contributed by atoms with E-state index in [4.69, 9.17) is 4.74 Å². The molecule has 0 saturated heterocycles. The summed E-state index contributed by atoms with van der Waals surface area (Å²) in [7, 11) is 3.56. The Morgan fingerprint density at radius 1 is 1.41 bits per heavy atom. The van der Waals surface area contributed by atoms with E-state index in [1.54, 1.807) is 7.11 Å².